The van der Waals surface area contributed by atoms with Gasteiger partial charge in [0.25, 0.3) is 12.2 Å². The first kappa shape index (κ1) is 25.0. The minimum atomic E-state index is -2.86. The van der Waals surface area contributed by atoms with Crippen LogP contribution in [0.3, 0.4) is 0 Å². The van der Waals surface area contributed by atoms with Crippen molar-refractivity contribution < 1.29 is 26.6 Å². The smallest absolute Gasteiger partial charge is 0.263 e. The number of nitrogens with one attached hydrogen (secondary N) is 1. The highest BCUT2D eigenvalue weighted by atomic mass is 35.5. The Bertz CT molecular complexity index is 1620. The number of halogens is 6. The number of rotatable bonds is 8. The molecule has 0 bridgehead atoms. The molecule has 0 spiro atoms. The van der Waals surface area contributed by atoms with Gasteiger partial charge in [-0.25, -0.2) is 13.2 Å². The second kappa shape index (κ2) is 9.48. The van der Waals surface area contributed by atoms with Gasteiger partial charge in [0, 0.05) is 35.9 Å². The van der Waals surface area contributed by atoms with Crippen molar-refractivity contribution in [3.63, 3.8) is 0 Å². The van der Waals surface area contributed by atoms with Gasteiger partial charge in [0.2, 0.25) is 0 Å². The van der Waals surface area contributed by atoms with Crippen LogP contribution in [-0.4, -0.2) is 51.2 Å². The van der Waals surface area contributed by atoms with Crippen LogP contribution in [0.1, 0.15) is 31.1 Å². The van der Waals surface area contributed by atoms with Crippen molar-refractivity contribution in [3.8, 4) is 28.1 Å². The van der Waals surface area contributed by atoms with E-state index < -0.39 is 30.2 Å². The highest BCUT2D eigenvalue weighted by Crippen LogP contribution is 2.53. The number of alkyl halides is 4. The van der Waals surface area contributed by atoms with E-state index in [4.69, 9.17) is 11.6 Å². The lowest BCUT2D eigenvalue weighted by molar-refractivity contribution is -0.659. The molecule has 1 N–H and O–H groups in total. The normalized spacial score (nSPS) is 17.1. The van der Waals surface area contributed by atoms with Gasteiger partial charge in [-0.15, -0.1) is 9.78 Å². The van der Waals surface area contributed by atoms with Crippen LogP contribution in [0.15, 0.2) is 55.4 Å². The van der Waals surface area contributed by atoms with Crippen molar-refractivity contribution >= 4 is 11.6 Å². The number of hydrogen-bond donors (Lipinski definition) is 1. The molecule has 0 unspecified atom stereocenters. The number of hydrogen-bond acceptors (Lipinski definition) is 6. The predicted molar refractivity (Wildman–Crippen MR) is 124 cm³/mol. The zero-order valence-electron chi connectivity index (χ0n) is 19.6. The maximum atomic E-state index is 15.2. The molecule has 200 valence electrons. The van der Waals surface area contributed by atoms with E-state index in [1.807, 2.05) is 0 Å². The minimum Gasteiger partial charge on any atom is -0.263 e. The first-order chi connectivity index (χ1) is 18.7. The maximum absolute atomic E-state index is 15.2. The summed E-state index contributed by atoms with van der Waals surface area (Å²) in [5, 5.41) is 21.2. The first-order valence-electron chi connectivity index (χ1n) is 11.6. The summed E-state index contributed by atoms with van der Waals surface area (Å²) in [7, 11) is 0. The van der Waals surface area contributed by atoms with Gasteiger partial charge in [0.1, 0.15) is 16.5 Å². The highest BCUT2D eigenvalue weighted by molar-refractivity contribution is 6.31. The van der Waals surface area contributed by atoms with Gasteiger partial charge in [-0.3, -0.25) is 9.67 Å². The molecule has 10 nitrogen and oxygen atoms in total. The average Bonchev–Trinajstić information content (AvgIpc) is 3.50. The molecule has 1 aliphatic carbocycles. The third-order valence-corrected chi connectivity index (χ3v) is 6.81. The van der Waals surface area contributed by atoms with Crippen LogP contribution >= 0.6 is 11.6 Å². The molecule has 2 atom stereocenters. The SMILES string of the molecule is Fc1c(Cl)ccc(-[n+]2cnn[nH]2)c1-c1ccc([C@@H](C[C@H]2CC2(F)F)n2cc(-c3cn(C(F)F)nn3)cn2)nc1. The van der Waals surface area contributed by atoms with Gasteiger partial charge in [-0.05, 0) is 24.6 Å². The summed E-state index contributed by atoms with van der Waals surface area (Å²) in [6.07, 6.45) is 6.49. The molecule has 1 fully saturated rings. The van der Waals surface area contributed by atoms with Crippen molar-refractivity contribution in [2.24, 2.45) is 5.92 Å². The third-order valence-electron chi connectivity index (χ3n) is 6.52. The van der Waals surface area contributed by atoms with Gasteiger partial charge >= 0.3 is 6.55 Å². The lowest BCUT2D eigenvalue weighted by Crippen LogP contribution is -2.33. The van der Waals surface area contributed by atoms with E-state index in [1.165, 1.54) is 40.3 Å². The Morgan fingerprint density at radius 1 is 1.10 bits per heavy atom. The number of benzene rings is 1. The summed E-state index contributed by atoms with van der Waals surface area (Å²) < 4.78 is 71.9. The summed E-state index contributed by atoms with van der Waals surface area (Å²) in [4.78, 5) is 4.47. The number of pyridine rings is 1. The van der Waals surface area contributed by atoms with Crippen molar-refractivity contribution in [2.45, 2.75) is 31.4 Å². The Morgan fingerprint density at radius 3 is 2.56 bits per heavy atom. The minimum absolute atomic E-state index is 0.0244. The van der Waals surface area contributed by atoms with Gasteiger partial charge in [-0.2, -0.15) is 18.6 Å². The van der Waals surface area contributed by atoms with E-state index in [0.29, 0.717) is 27.2 Å². The molecule has 1 aliphatic rings. The Hall–Kier alpha value is -4.27. The fourth-order valence-electron chi connectivity index (χ4n) is 4.36. The quantitative estimate of drug-likeness (QED) is 0.221. The van der Waals surface area contributed by atoms with Crippen LogP contribution in [0.25, 0.3) is 28.1 Å². The Kier molecular flexibility index (Phi) is 6.09. The summed E-state index contributed by atoms with van der Waals surface area (Å²) in [6, 6.07) is 5.46. The fraction of sp³-hybridized carbons (Fsp3) is 0.261. The second-order valence-corrected chi connectivity index (χ2v) is 9.42. The molecule has 1 saturated carbocycles. The van der Waals surface area contributed by atoms with Crippen LogP contribution < -0.4 is 4.68 Å². The standard InChI is InChI=1S/C23H16ClF5N10/c24-15-2-4-18(39-11-31-34-36-39)20(21(15)25)12-1-3-16(30-7-12)19(5-14-6-23(14,28)29)37-9-13(8-32-37)17-10-38(22(26)27)35-33-17/h1-4,7-11,14,19,22H,5-6H2/p+1/t14-,19+/m0/s1. The molecule has 4 aromatic heterocycles. The number of tetrazole rings is 1. The first-order valence-corrected chi connectivity index (χ1v) is 11.9. The second-order valence-electron chi connectivity index (χ2n) is 9.01. The largest absolute Gasteiger partial charge is 0.334 e. The van der Waals surface area contributed by atoms with Crippen molar-refractivity contribution in [1.82, 2.24) is 45.3 Å². The van der Waals surface area contributed by atoms with Crippen LogP contribution in [0.4, 0.5) is 22.0 Å². The molecule has 1 aromatic carbocycles. The van der Waals surface area contributed by atoms with E-state index in [9.17, 15) is 17.6 Å². The molecule has 0 aliphatic heterocycles. The van der Waals surface area contributed by atoms with Crippen LogP contribution in [-0.2, 0) is 0 Å². The van der Waals surface area contributed by atoms with E-state index >= 15 is 4.39 Å². The number of aromatic amines is 1. The van der Waals surface area contributed by atoms with Gasteiger partial charge < -0.3 is 0 Å². The highest BCUT2D eigenvalue weighted by Gasteiger charge is 2.57. The van der Waals surface area contributed by atoms with Gasteiger partial charge in [0.05, 0.1) is 34.7 Å². The van der Waals surface area contributed by atoms with Crippen LogP contribution in [0, 0.1) is 11.7 Å². The van der Waals surface area contributed by atoms with Gasteiger partial charge in [-0.1, -0.05) is 28.1 Å². The molecule has 16 heteroatoms. The zero-order valence-corrected chi connectivity index (χ0v) is 20.4. The molecule has 0 amide bonds. The number of H-pyrrole nitrogens is 1. The van der Waals surface area contributed by atoms with Crippen LogP contribution in [0.5, 0.6) is 0 Å². The molecule has 39 heavy (non-hydrogen) atoms. The van der Waals surface area contributed by atoms with Gasteiger partial charge in [0.15, 0.2) is 11.0 Å². The monoisotopic (exact) mass is 563 g/mol. The Labute approximate surface area is 221 Å². The van der Waals surface area contributed by atoms with Crippen LogP contribution in [0.2, 0.25) is 5.02 Å². The molecule has 6 rings (SSSR count). The molecule has 0 saturated heterocycles. The molecular weight excluding hydrogens is 547 g/mol. The summed E-state index contributed by atoms with van der Waals surface area (Å²) in [6.45, 7) is -2.86. The topological polar surface area (TPSA) is 107 Å². The lowest BCUT2D eigenvalue weighted by Gasteiger charge is -2.18. The van der Waals surface area contributed by atoms with Crippen molar-refractivity contribution in [2.75, 3.05) is 0 Å². The third kappa shape index (κ3) is 4.73. The molecule has 4 heterocycles. The summed E-state index contributed by atoms with van der Waals surface area (Å²) >= 11 is 6.04. The van der Waals surface area contributed by atoms with E-state index in [1.54, 1.807) is 18.2 Å². The molecule has 5 aromatic rings. The summed E-state index contributed by atoms with van der Waals surface area (Å²) in [5.74, 6) is -4.35. The fourth-order valence-corrected chi connectivity index (χ4v) is 4.52. The predicted octanol–water partition coefficient (Wildman–Crippen LogP) is 4.42. The molecule has 0 radical (unpaired) electrons. The lowest BCUT2D eigenvalue weighted by atomic mass is 10.0. The molecular formula is C23H17ClF5N10+. The zero-order chi connectivity index (χ0) is 27.3. The average molecular weight is 564 g/mol. The number of aromatic nitrogens is 10. The van der Waals surface area contributed by atoms with Crippen molar-refractivity contribution in [1.29, 1.82) is 0 Å². The maximum Gasteiger partial charge on any atom is 0.334 e. The van der Waals surface area contributed by atoms with E-state index in [-0.39, 0.29) is 29.1 Å². The van der Waals surface area contributed by atoms with Crippen molar-refractivity contribution in [3.05, 3.63) is 71.9 Å². The Morgan fingerprint density at radius 2 is 1.92 bits per heavy atom. The van der Waals surface area contributed by atoms with E-state index in [2.05, 4.69) is 35.9 Å². The summed E-state index contributed by atoms with van der Waals surface area (Å²) in [5.41, 5.74) is 1.80. The Balaban J connectivity index is 1.35. The number of nitrogens with zero attached hydrogens (tertiary/aromatic N) is 9. The van der Waals surface area contributed by atoms with E-state index in [0.717, 1.165) is 6.20 Å².